The Hall–Kier alpha value is -3.65. The van der Waals surface area contributed by atoms with Crippen LogP contribution in [0, 0.1) is 5.82 Å². The van der Waals surface area contributed by atoms with E-state index in [1.165, 1.54) is 23.4 Å². The number of hydrogen-bond donors (Lipinski definition) is 1. The normalized spacial score (nSPS) is 11.8. The van der Waals surface area contributed by atoms with Crippen LogP contribution in [0.25, 0.3) is 17.1 Å². The Morgan fingerprint density at radius 1 is 1.06 bits per heavy atom. The van der Waals surface area contributed by atoms with E-state index in [0.29, 0.717) is 22.4 Å². The average Bonchev–Trinajstić information content (AvgIpc) is 3.27. The van der Waals surface area contributed by atoms with Crippen LogP contribution in [0.4, 0.5) is 10.1 Å². The van der Waals surface area contributed by atoms with E-state index in [-0.39, 0.29) is 5.91 Å². The summed E-state index contributed by atoms with van der Waals surface area (Å²) in [6.45, 7) is 3.87. The van der Waals surface area contributed by atoms with Gasteiger partial charge in [-0.3, -0.25) is 9.36 Å². The number of rotatable bonds is 8. The van der Waals surface area contributed by atoms with Gasteiger partial charge in [0.05, 0.1) is 18.0 Å². The third kappa shape index (κ3) is 5.12. The molecule has 0 spiro atoms. The van der Waals surface area contributed by atoms with Gasteiger partial charge in [0, 0.05) is 11.3 Å². The van der Waals surface area contributed by atoms with Gasteiger partial charge >= 0.3 is 0 Å². The number of nitrogens with zero attached hydrogens (tertiary/aromatic N) is 3. The fraction of sp³-hybridized carbons (Fsp3) is 0.192. The highest BCUT2D eigenvalue weighted by molar-refractivity contribution is 8.00. The van der Waals surface area contributed by atoms with Crippen molar-refractivity contribution in [2.75, 3.05) is 12.4 Å². The minimum Gasteiger partial charge on any atom is -0.497 e. The minimum atomic E-state index is -0.496. The molecule has 0 unspecified atom stereocenters. The molecule has 34 heavy (non-hydrogen) atoms. The Morgan fingerprint density at radius 2 is 1.76 bits per heavy atom. The third-order valence-electron chi connectivity index (χ3n) is 5.36. The Balaban J connectivity index is 1.63. The number of hydrogen-bond acceptors (Lipinski definition) is 5. The molecule has 1 aromatic heterocycles. The number of ether oxygens (including phenoxy) is 1. The third-order valence-corrected chi connectivity index (χ3v) is 6.40. The van der Waals surface area contributed by atoms with E-state index in [1.54, 1.807) is 36.8 Å². The summed E-state index contributed by atoms with van der Waals surface area (Å²) in [5, 5.41) is 11.5. The van der Waals surface area contributed by atoms with Crippen molar-refractivity contribution in [2.24, 2.45) is 0 Å². The van der Waals surface area contributed by atoms with E-state index in [0.717, 1.165) is 17.7 Å². The molecule has 4 aromatic rings. The molecule has 1 atom stereocenters. The maximum absolute atomic E-state index is 14.8. The lowest BCUT2D eigenvalue weighted by molar-refractivity contribution is -0.115. The highest BCUT2D eigenvalue weighted by Crippen LogP contribution is 2.32. The SMILES string of the molecule is CCc1ccc(NC(=O)[C@@H](C)Sc2nnc(-c3ccc(OC)cc3)n2-c2ccccc2F)cc1. The van der Waals surface area contributed by atoms with Crippen molar-refractivity contribution in [3.8, 4) is 22.8 Å². The van der Waals surface area contributed by atoms with Crippen LogP contribution in [0.2, 0.25) is 0 Å². The number of amides is 1. The minimum absolute atomic E-state index is 0.177. The van der Waals surface area contributed by atoms with E-state index in [9.17, 15) is 9.18 Å². The van der Waals surface area contributed by atoms with Gasteiger partial charge in [0.2, 0.25) is 5.91 Å². The van der Waals surface area contributed by atoms with Gasteiger partial charge in [-0.2, -0.15) is 0 Å². The summed E-state index contributed by atoms with van der Waals surface area (Å²) in [6, 6.07) is 21.5. The molecule has 0 saturated carbocycles. The molecule has 3 aromatic carbocycles. The maximum atomic E-state index is 14.8. The molecule has 0 saturated heterocycles. The summed E-state index contributed by atoms with van der Waals surface area (Å²) in [4.78, 5) is 12.9. The molecule has 0 bridgehead atoms. The first-order valence-corrected chi connectivity index (χ1v) is 11.8. The van der Waals surface area contributed by atoms with Gasteiger partial charge in [-0.05, 0) is 67.4 Å². The first-order valence-electron chi connectivity index (χ1n) is 10.9. The number of thioether (sulfide) groups is 1. The zero-order valence-electron chi connectivity index (χ0n) is 19.2. The van der Waals surface area contributed by atoms with Gasteiger partial charge < -0.3 is 10.1 Å². The molecule has 8 heteroatoms. The molecule has 6 nitrogen and oxygen atoms in total. The van der Waals surface area contributed by atoms with Gasteiger partial charge in [-0.25, -0.2) is 4.39 Å². The van der Waals surface area contributed by atoms with Crippen molar-refractivity contribution in [2.45, 2.75) is 30.7 Å². The molecule has 174 valence electrons. The van der Waals surface area contributed by atoms with Crippen molar-refractivity contribution in [3.63, 3.8) is 0 Å². The smallest absolute Gasteiger partial charge is 0.237 e. The van der Waals surface area contributed by atoms with Crippen molar-refractivity contribution >= 4 is 23.4 Å². The van der Waals surface area contributed by atoms with Gasteiger partial charge in [-0.15, -0.1) is 10.2 Å². The topological polar surface area (TPSA) is 69.0 Å². The van der Waals surface area contributed by atoms with Crippen LogP contribution in [0.15, 0.2) is 78.0 Å². The standard InChI is InChI=1S/C26H25FN4O2S/c1-4-18-9-13-20(14-10-18)28-25(32)17(2)34-26-30-29-24(19-11-15-21(33-3)16-12-19)31(26)23-8-6-5-7-22(23)27/h5-17H,4H2,1-3H3,(H,28,32)/t17-/m1/s1. The van der Waals surface area contributed by atoms with Crippen LogP contribution in [-0.2, 0) is 11.2 Å². The van der Waals surface area contributed by atoms with Crippen LogP contribution >= 0.6 is 11.8 Å². The fourth-order valence-corrected chi connectivity index (χ4v) is 4.26. The molecule has 1 heterocycles. The number of carbonyl (C=O) groups excluding carboxylic acids is 1. The highest BCUT2D eigenvalue weighted by Gasteiger charge is 2.23. The van der Waals surface area contributed by atoms with E-state index in [4.69, 9.17) is 4.74 Å². The Labute approximate surface area is 202 Å². The molecule has 0 radical (unpaired) electrons. The molecule has 0 aliphatic carbocycles. The zero-order chi connectivity index (χ0) is 24.1. The van der Waals surface area contributed by atoms with Crippen LogP contribution < -0.4 is 10.1 Å². The van der Waals surface area contributed by atoms with Gasteiger partial charge in [0.15, 0.2) is 11.0 Å². The fourth-order valence-electron chi connectivity index (χ4n) is 3.40. The summed E-state index contributed by atoms with van der Waals surface area (Å²) in [7, 11) is 1.59. The molecule has 4 rings (SSSR count). The van der Waals surface area contributed by atoms with Crippen molar-refractivity contribution < 1.29 is 13.9 Å². The number of nitrogens with one attached hydrogen (secondary N) is 1. The number of carbonyl (C=O) groups is 1. The highest BCUT2D eigenvalue weighted by atomic mass is 32.2. The van der Waals surface area contributed by atoms with Crippen LogP contribution in [0.1, 0.15) is 19.4 Å². The number of halogens is 1. The van der Waals surface area contributed by atoms with E-state index in [2.05, 4.69) is 22.4 Å². The largest absolute Gasteiger partial charge is 0.497 e. The zero-order valence-corrected chi connectivity index (χ0v) is 20.0. The quantitative estimate of drug-likeness (QED) is 0.327. The molecule has 1 N–H and O–H groups in total. The predicted octanol–water partition coefficient (Wildman–Crippen LogP) is 5.76. The molecular formula is C26H25FN4O2S. The molecule has 0 aliphatic rings. The number of aryl methyl sites for hydroxylation is 1. The van der Waals surface area contributed by atoms with Crippen LogP contribution in [0.3, 0.4) is 0 Å². The number of anilines is 1. The van der Waals surface area contributed by atoms with Crippen molar-refractivity contribution in [3.05, 3.63) is 84.2 Å². The second-order valence-corrected chi connectivity index (χ2v) is 8.93. The molecule has 0 aliphatic heterocycles. The Kier molecular flexibility index (Phi) is 7.27. The van der Waals surface area contributed by atoms with E-state index in [1.807, 2.05) is 48.5 Å². The second-order valence-electron chi connectivity index (χ2n) is 7.62. The molecular weight excluding hydrogens is 451 g/mol. The molecule has 0 fully saturated rings. The summed E-state index contributed by atoms with van der Waals surface area (Å²) in [6.07, 6.45) is 0.933. The van der Waals surface area contributed by atoms with Crippen LogP contribution in [0.5, 0.6) is 5.75 Å². The number of aromatic nitrogens is 3. The number of methoxy groups -OCH3 is 1. The second kappa shape index (κ2) is 10.5. The van der Waals surface area contributed by atoms with E-state index < -0.39 is 11.1 Å². The van der Waals surface area contributed by atoms with E-state index >= 15 is 0 Å². The lowest BCUT2D eigenvalue weighted by Crippen LogP contribution is -2.23. The van der Waals surface area contributed by atoms with Gasteiger partial charge in [-0.1, -0.05) is 43.0 Å². The van der Waals surface area contributed by atoms with Gasteiger partial charge in [0.25, 0.3) is 0 Å². The Morgan fingerprint density at radius 3 is 2.41 bits per heavy atom. The lowest BCUT2D eigenvalue weighted by Gasteiger charge is -2.15. The number of benzene rings is 3. The summed E-state index contributed by atoms with van der Waals surface area (Å²) in [5.41, 5.74) is 2.98. The molecule has 1 amide bonds. The van der Waals surface area contributed by atoms with Crippen molar-refractivity contribution in [1.82, 2.24) is 14.8 Å². The van der Waals surface area contributed by atoms with Crippen molar-refractivity contribution in [1.29, 1.82) is 0 Å². The summed E-state index contributed by atoms with van der Waals surface area (Å²) in [5.74, 6) is 0.584. The monoisotopic (exact) mass is 476 g/mol. The van der Waals surface area contributed by atoms with Crippen LogP contribution in [-0.4, -0.2) is 33.0 Å². The average molecular weight is 477 g/mol. The number of para-hydroxylation sites is 1. The van der Waals surface area contributed by atoms with Gasteiger partial charge in [0.1, 0.15) is 11.6 Å². The lowest BCUT2D eigenvalue weighted by atomic mass is 10.1. The Bertz CT molecular complexity index is 1270. The maximum Gasteiger partial charge on any atom is 0.237 e. The first kappa shape index (κ1) is 23.5. The summed E-state index contributed by atoms with van der Waals surface area (Å²) >= 11 is 1.22. The predicted molar refractivity (Wildman–Crippen MR) is 133 cm³/mol. The first-order chi connectivity index (χ1) is 16.5. The summed E-state index contributed by atoms with van der Waals surface area (Å²) < 4.78 is 21.7.